The Morgan fingerprint density at radius 3 is 1.88 bits per heavy atom. The lowest BCUT2D eigenvalue weighted by Gasteiger charge is -2.39. The molecule has 1 aliphatic carbocycles. The molecule has 0 radical (unpaired) electrons. The summed E-state index contributed by atoms with van der Waals surface area (Å²) in [6.07, 6.45) is 17.8. The van der Waals surface area contributed by atoms with Gasteiger partial charge in [0.15, 0.2) is 0 Å². The SMILES string of the molecule is CN1CCC[C@H]2CCCCCCCCCC[C@@H]21. The van der Waals surface area contributed by atoms with E-state index in [4.69, 9.17) is 0 Å². The molecule has 0 aromatic heterocycles. The normalized spacial score (nSPS) is 34.4. The summed E-state index contributed by atoms with van der Waals surface area (Å²) in [4.78, 5) is 2.67. The van der Waals surface area contributed by atoms with Crippen molar-refractivity contribution in [2.45, 2.75) is 83.1 Å². The molecule has 0 unspecified atom stereocenters. The highest BCUT2D eigenvalue weighted by molar-refractivity contribution is 4.82. The summed E-state index contributed by atoms with van der Waals surface area (Å²) in [5.74, 6) is 1.02. The van der Waals surface area contributed by atoms with Gasteiger partial charge in [-0.3, -0.25) is 0 Å². The first-order valence-electron chi connectivity index (χ1n) is 8.08. The molecule has 1 aliphatic heterocycles. The van der Waals surface area contributed by atoms with E-state index in [1.54, 1.807) is 0 Å². The van der Waals surface area contributed by atoms with Gasteiger partial charge in [-0.25, -0.2) is 0 Å². The van der Waals surface area contributed by atoms with Crippen LogP contribution in [-0.4, -0.2) is 24.5 Å². The topological polar surface area (TPSA) is 3.24 Å². The molecular weight excluding hydrogens is 206 g/mol. The van der Waals surface area contributed by atoms with Crippen LogP contribution in [-0.2, 0) is 0 Å². The Kier molecular flexibility index (Phi) is 5.84. The van der Waals surface area contributed by atoms with Gasteiger partial charge >= 0.3 is 0 Å². The monoisotopic (exact) mass is 237 g/mol. The van der Waals surface area contributed by atoms with Crippen molar-refractivity contribution in [3.8, 4) is 0 Å². The molecule has 0 aromatic carbocycles. The van der Waals surface area contributed by atoms with Gasteiger partial charge in [0.1, 0.15) is 0 Å². The molecule has 100 valence electrons. The smallest absolute Gasteiger partial charge is 0.0120 e. The summed E-state index contributed by atoms with van der Waals surface area (Å²) in [7, 11) is 2.36. The van der Waals surface area contributed by atoms with E-state index in [1.807, 2.05) is 0 Å². The molecule has 1 saturated heterocycles. The highest BCUT2D eigenvalue weighted by atomic mass is 15.1. The van der Waals surface area contributed by atoms with E-state index in [0.717, 1.165) is 12.0 Å². The standard InChI is InChI=1S/C16H31N/c1-17-14-10-12-15-11-8-6-4-2-3-5-7-9-13-16(15)17/h15-16H,2-14H2,1H3/t15-,16+/m1/s1. The molecule has 17 heavy (non-hydrogen) atoms. The molecular formula is C16H31N. The number of rotatable bonds is 0. The Balaban J connectivity index is 1.86. The number of hydrogen-bond acceptors (Lipinski definition) is 1. The second-order valence-corrected chi connectivity index (χ2v) is 6.36. The van der Waals surface area contributed by atoms with E-state index < -0.39 is 0 Å². The zero-order chi connectivity index (χ0) is 11.9. The predicted molar refractivity (Wildman–Crippen MR) is 75.3 cm³/mol. The maximum absolute atomic E-state index is 2.67. The van der Waals surface area contributed by atoms with Crippen LogP contribution in [0.4, 0.5) is 0 Å². The number of nitrogens with zero attached hydrogens (tertiary/aromatic N) is 1. The minimum Gasteiger partial charge on any atom is -0.303 e. The van der Waals surface area contributed by atoms with E-state index in [0.29, 0.717) is 0 Å². The maximum atomic E-state index is 2.67. The van der Waals surface area contributed by atoms with Crippen LogP contribution < -0.4 is 0 Å². The van der Waals surface area contributed by atoms with Crippen molar-refractivity contribution in [1.29, 1.82) is 0 Å². The Hall–Kier alpha value is -0.0400. The summed E-state index contributed by atoms with van der Waals surface area (Å²) < 4.78 is 0. The maximum Gasteiger partial charge on any atom is 0.0120 e. The van der Waals surface area contributed by atoms with Crippen LogP contribution in [0.15, 0.2) is 0 Å². The van der Waals surface area contributed by atoms with Crippen LogP contribution in [0.2, 0.25) is 0 Å². The minimum atomic E-state index is 0.920. The highest BCUT2D eigenvalue weighted by Gasteiger charge is 2.28. The molecule has 0 amide bonds. The fraction of sp³-hybridized carbons (Fsp3) is 1.00. The van der Waals surface area contributed by atoms with Gasteiger partial charge in [-0.1, -0.05) is 51.4 Å². The van der Waals surface area contributed by atoms with E-state index >= 15 is 0 Å². The number of piperidine rings is 1. The Morgan fingerprint density at radius 1 is 0.647 bits per heavy atom. The summed E-state index contributed by atoms with van der Waals surface area (Å²) in [5, 5.41) is 0. The minimum absolute atomic E-state index is 0.920. The zero-order valence-corrected chi connectivity index (χ0v) is 11.8. The van der Waals surface area contributed by atoms with Crippen LogP contribution in [0.3, 0.4) is 0 Å². The molecule has 2 rings (SSSR count). The van der Waals surface area contributed by atoms with Gasteiger partial charge in [-0.15, -0.1) is 0 Å². The second-order valence-electron chi connectivity index (χ2n) is 6.36. The molecule has 2 atom stereocenters. The number of fused-ring (bicyclic) bond motifs is 1. The third-order valence-electron chi connectivity index (χ3n) is 5.02. The van der Waals surface area contributed by atoms with Gasteiger partial charge in [0.25, 0.3) is 0 Å². The van der Waals surface area contributed by atoms with E-state index in [2.05, 4.69) is 11.9 Å². The fourth-order valence-corrected chi connectivity index (χ4v) is 3.93. The first-order valence-corrected chi connectivity index (χ1v) is 8.08. The molecule has 0 spiro atoms. The van der Waals surface area contributed by atoms with Crippen molar-refractivity contribution >= 4 is 0 Å². The van der Waals surface area contributed by atoms with Gasteiger partial charge in [0.2, 0.25) is 0 Å². The zero-order valence-electron chi connectivity index (χ0n) is 11.8. The molecule has 1 heteroatoms. The van der Waals surface area contributed by atoms with Gasteiger partial charge < -0.3 is 4.90 Å². The molecule has 0 bridgehead atoms. The molecule has 1 heterocycles. The van der Waals surface area contributed by atoms with Crippen molar-refractivity contribution < 1.29 is 0 Å². The van der Waals surface area contributed by atoms with Crippen LogP contribution in [0.25, 0.3) is 0 Å². The van der Waals surface area contributed by atoms with Crippen LogP contribution >= 0.6 is 0 Å². The lowest BCUT2D eigenvalue weighted by molar-refractivity contribution is 0.102. The lowest BCUT2D eigenvalue weighted by atomic mass is 9.82. The number of likely N-dealkylation sites (tertiary alicyclic amines) is 1. The summed E-state index contributed by atoms with van der Waals surface area (Å²) in [5.41, 5.74) is 0. The number of hydrogen-bond donors (Lipinski definition) is 0. The Labute approximate surface area is 108 Å². The summed E-state index contributed by atoms with van der Waals surface area (Å²) >= 11 is 0. The highest BCUT2D eigenvalue weighted by Crippen LogP contribution is 2.31. The van der Waals surface area contributed by atoms with Crippen molar-refractivity contribution in [2.75, 3.05) is 13.6 Å². The average molecular weight is 237 g/mol. The van der Waals surface area contributed by atoms with Crippen molar-refractivity contribution in [3.63, 3.8) is 0 Å². The van der Waals surface area contributed by atoms with Crippen LogP contribution in [0.1, 0.15) is 77.0 Å². The third-order valence-corrected chi connectivity index (χ3v) is 5.02. The predicted octanol–water partition coefficient (Wildman–Crippen LogP) is 4.61. The first-order chi connectivity index (χ1) is 8.38. The Bertz CT molecular complexity index is 202. The lowest BCUT2D eigenvalue weighted by Crippen LogP contribution is -2.42. The molecule has 2 fully saturated rings. The largest absolute Gasteiger partial charge is 0.303 e. The quantitative estimate of drug-likeness (QED) is 0.594. The fourth-order valence-electron chi connectivity index (χ4n) is 3.93. The molecule has 0 N–H and O–H groups in total. The first kappa shape index (κ1) is 13.4. The Morgan fingerprint density at radius 2 is 1.18 bits per heavy atom. The van der Waals surface area contributed by atoms with E-state index in [9.17, 15) is 0 Å². The second kappa shape index (κ2) is 7.41. The molecule has 1 nitrogen and oxygen atoms in total. The van der Waals surface area contributed by atoms with Gasteiger partial charge in [-0.2, -0.15) is 0 Å². The van der Waals surface area contributed by atoms with Crippen LogP contribution in [0, 0.1) is 5.92 Å². The third kappa shape index (κ3) is 4.28. The molecule has 1 saturated carbocycles. The van der Waals surface area contributed by atoms with Crippen LogP contribution in [0.5, 0.6) is 0 Å². The molecule has 0 aromatic rings. The van der Waals surface area contributed by atoms with E-state index in [-0.39, 0.29) is 0 Å². The van der Waals surface area contributed by atoms with Crippen molar-refractivity contribution in [3.05, 3.63) is 0 Å². The van der Waals surface area contributed by atoms with Gasteiger partial charge in [0.05, 0.1) is 0 Å². The van der Waals surface area contributed by atoms with Crippen molar-refractivity contribution in [1.82, 2.24) is 4.90 Å². The summed E-state index contributed by atoms with van der Waals surface area (Å²) in [6, 6.07) is 0.920. The van der Waals surface area contributed by atoms with E-state index in [1.165, 1.54) is 83.6 Å². The van der Waals surface area contributed by atoms with Gasteiger partial charge in [0, 0.05) is 6.04 Å². The summed E-state index contributed by atoms with van der Waals surface area (Å²) in [6.45, 7) is 1.35. The van der Waals surface area contributed by atoms with Crippen molar-refractivity contribution in [2.24, 2.45) is 5.92 Å². The van der Waals surface area contributed by atoms with Gasteiger partial charge in [-0.05, 0) is 45.2 Å². The molecule has 2 aliphatic rings. The average Bonchev–Trinajstić information content (AvgIpc) is 2.31.